The number of piperidine rings is 1. The summed E-state index contributed by atoms with van der Waals surface area (Å²) in [5, 5.41) is 20.0. The molecular weight excluding hydrogens is 550 g/mol. The van der Waals surface area contributed by atoms with E-state index in [1.807, 2.05) is 6.92 Å². The Hall–Kier alpha value is -3.48. The molecule has 5 aliphatic rings. The van der Waals surface area contributed by atoms with E-state index in [1.165, 1.54) is 0 Å². The first-order valence-corrected chi connectivity index (χ1v) is 15.5. The van der Waals surface area contributed by atoms with Gasteiger partial charge in [-0.25, -0.2) is 4.98 Å². The number of carbonyl (C=O) groups excluding carboxylic acids is 2. The number of aliphatic hydroxyl groups is 1. The number of rotatable bonds is 9. The van der Waals surface area contributed by atoms with Crippen molar-refractivity contribution in [2.24, 2.45) is 11.8 Å². The lowest BCUT2D eigenvalue weighted by molar-refractivity contribution is -0.224. The fourth-order valence-corrected chi connectivity index (χ4v) is 8.36. The standard InChI is InChI=1S/C31H41N7O5/c1-4-22-28(41)37(2)23-16-32-29(35-26(23)38(22)20-7-5-6-8-20)34-21-10-9-18(13-24(21)42-3)27(40)36-30(11-12-39)19-14-31(33-15-19)25(30)17-43-31/h9-10,13,16,19-20,22,25,33,39H,4-8,11-12,14-15,17H2,1-3H3,(H,36,40)(H,32,34,35)/t19?,22-,25?,30?,31?/m1/s1. The molecule has 4 heterocycles. The average molecular weight is 592 g/mol. The highest BCUT2D eigenvalue weighted by molar-refractivity contribution is 6.04. The molecule has 4 N–H and O–H groups in total. The van der Waals surface area contributed by atoms with Crippen molar-refractivity contribution in [3.63, 3.8) is 0 Å². The molecule has 7 rings (SSSR count). The molecule has 12 nitrogen and oxygen atoms in total. The molecule has 1 spiro atoms. The second kappa shape index (κ2) is 10.6. The van der Waals surface area contributed by atoms with E-state index in [0.29, 0.717) is 48.1 Å². The highest BCUT2D eigenvalue weighted by Crippen LogP contribution is 2.58. The van der Waals surface area contributed by atoms with E-state index in [2.05, 4.69) is 25.8 Å². The second-order valence-electron chi connectivity index (χ2n) is 12.6. The van der Waals surface area contributed by atoms with Gasteiger partial charge in [0.1, 0.15) is 23.2 Å². The lowest BCUT2D eigenvalue weighted by Gasteiger charge is -2.54. The first-order valence-electron chi connectivity index (χ1n) is 15.5. The van der Waals surface area contributed by atoms with Gasteiger partial charge in [0.05, 0.1) is 31.1 Å². The fraction of sp³-hybridized carbons (Fsp3) is 0.613. The summed E-state index contributed by atoms with van der Waals surface area (Å²) in [6.45, 7) is 3.37. The molecule has 2 saturated carbocycles. The van der Waals surface area contributed by atoms with Gasteiger partial charge in [-0.05, 0) is 56.2 Å². The van der Waals surface area contributed by atoms with Gasteiger partial charge < -0.3 is 35.0 Å². The van der Waals surface area contributed by atoms with Crippen molar-refractivity contribution in [2.45, 2.75) is 75.2 Å². The van der Waals surface area contributed by atoms with Crippen LogP contribution >= 0.6 is 0 Å². The van der Waals surface area contributed by atoms with Crippen LogP contribution in [0.25, 0.3) is 0 Å². The van der Waals surface area contributed by atoms with E-state index in [0.717, 1.165) is 44.5 Å². The first-order chi connectivity index (χ1) is 20.8. The Morgan fingerprint density at radius 2 is 2.12 bits per heavy atom. The number of amides is 2. The van der Waals surface area contributed by atoms with Crippen LogP contribution in [0.5, 0.6) is 5.75 Å². The van der Waals surface area contributed by atoms with Gasteiger partial charge >= 0.3 is 0 Å². The molecule has 3 aliphatic heterocycles. The quantitative estimate of drug-likeness (QED) is 0.344. The minimum Gasteiger partial charge on any atom is -0.495 e. The van der Waals surface area contributed by atoms with E-state index >= 15 is 0 Å². The van der Waals surface area contributed by atoms with Gasteiger partial charge in [0.15, 0.2) is 5.82 Å². The molecule has 1 aromatic carbocycles. The molecule has 5 atom stereocenters. The number of hydrogen-bond acceptors (Lipinski definition) is 10. The molecule has 2 saturated heterocycles. The Morgan fingerprint density at radius 3 is 2.79 bits per heavy atom. The maximum absolute atomic E-state index is 13.6. The summed E-state index contributed by atoms with van der Waals surface area (Å²) in [5.74, 6) is 1.83. The molecule has 2 aromatic rings. The summed E-state index contributed by atoms with van der Waals surface area (Å²) in [7, 11) is 3.35. The Labute approximate surface area is 251 Å². The SMILES string of the molecule is CC[C@@H]1C(=O)N(C)c2cnc(Nc3ccc(C(=O)NC4(CCO)C5CNC6(C5)OCC64)cc3OC)nc2N1C1CCCC1. The zero-order chi connectivity index (χ0) is 29.9. The molecule has 12 heteroatoms. The summed E-state index contributed by atoms with van der Waals surface area (Å²) in [6.07, 6.45) is 8.12. The van der Waals surface area contributed by atoms with E-state index in [-0.39, 0.29) is 48.1 Å². The number of benzene rings is 1. The largest absolute Gasteiger partial charge is 0.495 e. The Morgan fingerprint density at radius 1 is 1.30 bits per heavy atom. The zero-order valence-electron chi connectivity index (χ0n) is 25.1. The number of aromatic nitrogens is 2. The minimum absolute atomic E-state index is 0.00253. The molecular formula is C31H41N7O5. The molecule has 4 unspecified atom stereocenters. The third-order valence-corrected chi connectivity index (χ3v) is 10.6. The number of nitrogens with one attached hydrogen (secondary N) is 3. The predicted molar refractivity (Wildman–Crippen MR) is 161 cm³/mol. The van der Waals surface area contributed by atoms with Crippen molar-refractivity contribution < 1.29 is 24.2 Å². The lowest BCUT2D eigenvalue weighted by Crippen LogP contribution is -2.72. The van der Waals surface area contributed by atoms with Gasteiger partial charge in [-0.15, -0.1) is 0 Å². The maximum atomic E-state index is 13.6. The van der Waals surface area contributed by atoms with E-state index < -0.39 is 5.54 Å². The molecule has 2 amide bonds. The number of methoxy groups -OCH3 is 1. The van der Waals surface area contributed by atoms with Crippen LogP contribution in [-0.2, 0) is 9.53 Å². The summed E-state index contributed by atoms with van der Waals surface area (Å²) in [6, 6.07) is 5.29. The van der Waals surface area contributed by atoms with Crippen LogP contribution in [0.2, 0.25) is 0 Å². The van der Waals surface area contributed by atoms with Gasteiger partial charge in [0, 0.05) is 37.7 Å². The van der Waals surface area contributed by atoms with Crippen LogP contribution in [0.3, 0.4) is 0 Å². The summed E-state index contributed by atoms with van der Waals surface area (Å²) in [5.41, 5.74) is 0.915. The van der Waals surface area contributed by atoms with Crippen LogP contribution in [0.15, 0.2) is 24.4 Å². The number of hydrogen-bond donors (Lipinski definition) is 4. The van der Waals surface area contributed by atoms with Crippen LogP contribution in [0.1, 0.15) is 62.2 Å². The third-order valence-electron chi connectivity index (χ3n) is 10.6. The van der Waals surface area contributed by atoms with Crippen LogP contribution in [0.4, 0.5) is 23.1 Å². The molecule has 230 valence electrons. The Bertz CT molecular complexity index is 1430. The van der Waals surface area contributed by atoms with Crippen LogP contribution in [0, 0.1) is 11.8 Å². The molecule has 0 radical (unpaired) electrons. The number of aliphatic hydroxyl groups excluding tert-OH is 1. The van der Waals surface area contributed by atoms with Gasteiger partial charge in [-0.1, -0.05) is 19.8 Å². The molecule has 2 aliphatic carbocycles. The normalized spacial score (nSPS) is 31.1. The van der Waals surface area contributed by atoms with E-state index in [4.69, 9.17) is 14.5 Å². The smallest absolute Gasteiger partial charge is 0.251 e. The van der Waals surface area contributed by atoms with E-state index in [9.17, 15) is 14.7 Å². The van der Waals surface area contributed by atoms with Gasteiger partial charge in [0.25, 0.3) is 5.91 Å². The van der Waals surface area contributed by atoms with Crippen molar-refractivity contribution >= 4 is 35.0 Å². The highest BCUT2D eigenvalue weighted by Gasteiger charge is 2.71. The van der Waals surface area contributed by atoms with Crippen molar-refractivity contribution in [2.75, 3.05) is 49.0 Å². The zero-order valence-corrected chi connectivity index (χ0v) is 25.1. The lowest BCUT2D eigenvalue weighted by atomic mass is 9.73. The number of ether oxygens (including phenoxy) is 2. The molecule has 2 bridgehead atoms. The van der Waals surface area contributed by atoms with Gasteiger partial charge in [-0.2, -0.15) is 4.98 Å². The van der Waals surface area contributed by atoms with Crippen molar-refractivity contribution in [3.05, 3.63) is 30.0 Å². The van der Waals surface area contributed by atoms with Gasteiger partial charge in [0.2, 0.25) is 11.9 Å². The number of carbonyl (C=O) groups is 2. The first kappa shape index (κ1) is 28.3. The topological polar surface area (TPSA) is 141 Å². The molecule has 1 aromatic heterocycles. The Kier molecular flexibility index (Phi) is 6.98. The summed E-state index contributed by atoms with van der Waals surface area (Å²) < 4.78 is 11.6. The predicted octanol–water partition coefficient (Wildman–Crippen LogP) is 2.55. The number of nitrogens with zero attached hydrogens (tertiary/aromatic N) is 4. The summed E-state index contributed by atoms with van der Waals surface area (Å²) in [4.78, 5) is 40.2. The molecule has 43 heavy (non-hydrogen) atoms. The van der Waals surface area contributed by atoms with Crippen LogP contribution < -0.4 is 30.5 Å². The van der Waals surface area contributed by atoms with Crippen molar-refractivity contribution in [3.8, 4) is 5.75 Å². The van der Waals surface area contributed by atoms with Crippen molar-refractivity contribution in [1.82, 2.24) is 20.6 Å². The maximum Gasteiger partial charge on any atom is 0.251 e. The van der Waals surface area contributed by atoms with Crippen LogP contribution in [-0.4, -0.2) is 84.2 Å². The minimum atomic E-state index is -0.507. The van der Waals surface area contributed by atoms with Gasteiger partial charge in [-0.3, -0.25) is 14.9 Å². The number of fused-ring (bicyclic) bond motifs is 2. The number of anilines is 4. The summed E-state index contributed by atoms with van der Waals surface area (Å²) >= 11 is 0. The molecule has 4 fully saturated rings. The average Bonchev–Trinajstić information content (AvgIpc) is 3.73. The Balaban J connectivity index is 1.14. The number of likely N-dealkylation sites (N-methyl/N-ethyl adjacent to an activating group) is 1. The monoisotopic (exact) mass is 591 g/mol. The van der Waals surface area contributed by atoms with Crippen molar-refractivity contribution in [1.29, 1.82) is 0 Å². The fourth-order valence-electron chi connectivity index (χ4n) is 8.36. The second-order valence-corrected chi connectivity index (χ2v) is 12.6. The van der Waals surface area contributed by atoms with E-state index in [1.54, 1.807) is 43.5 Å². The third kappa shape index (κ3) is 4.28. The highest BCUT2D eigenvalue weighted by atomic mass is 16.5.